The molecule has 0 unspecified atom stereocenters. The molecule has 11 heteroatoms. The Kier molecular flexibility index (Phi) is 9.82. The predicted octanol–water partition coefficient (Wildman–Crippen LogP) is 3.78. The Balaban J connectivity index is 1.66. The molecule has 0 radical (unpaired) electrons. The number of nitrogens with one attached hydrogen (secondary N) is 1. The van der Waals surface area contributed by atoms with Gasteiger partial charge in [0, 0.05) is 43.5 Å². The molecule has 1 aromatic heterocycles. The lowest BCUT2D eigenvalue weighted by Crippen LogP contribution is -2.55. The van der Waals surface area contributed by atoms with Crippen molar-refractivity contribution < 1.29 is 23.6 Å². The number of rotatable bonds is 8. The number of aromatic nitrogens is 2. The van der Waals surface area contributed by atoms with Gasteiger partial charge in [-0.15, -0.1) is 0 Å². The Hall–Kier alpha value is -2.40. The van der Waals surface area contributed by atoms with Gasteiger partial charge >= 0.3 is 13.2 Å². The maximum Gasteiger partial charge on any atom is 0.498 e. The van der Waals surface area contributed by atoms with Gasteiger partial charge in [-0.05, 0) is 87.0 Å². The normalized spacial score (nSPS) is 21.5. The number of alkyl carbamates (subject to hydrolysis) is 1. The minimum Gasteiger partial charge on any atom is -0.444 e. The largest absolute Gasteiger partial charge is 0.498 e. The molecule has 224 valence electrons. The minimum absolute atomic E-state index is 0.0651. The SMILES string of the molecule is CC(C)[C@H](NC(=O)OC(C)(C)C)C(=O)N1CCC[C@@H](CN(c2ncc(B3OC(C)(C)C(C)(C)O3)cn2)C(C)C)C1. The van der Waals surface area contributed by atoms with E-state index in [1.807, 2.05) is 67.2 Å². The smallest absolute Gasteiger partial charge is 0.444 e. The van der Waals surface area contributed by atoms with Gasteiger partial charge in [-0.1, -0.05) is 13.8 Å². The number of piperidine rings is 1. The summed E-state index contributed by atoms with van der Waals surface area (Å²) in [6.07, 6.45) is 4.91. The van der Waals surface area contributed by atoms with Crippen molar-refractivity contribution in [2.75, 3.05) is 24.5 Å². The summed E-state index contributed by atoms with van der Waals surface area (Å²) < 4.78 is 17.7. The highest BCUT2D eigenvalue weighted by Crippen LogP contribution is 2.36. The fourth-order valence-electron chi connectivity index (χ4n) is 4.94. The summed E-state index contributed by atoms with van der Waals surface area (Å²) in [6.45, 7) is 23.7. The fraction of sp³-hybridized carbons (Fsp3) is 0.793. The number of likely N-dealkylation sites (tertiary alicyclic amines) is 1. The maximum absolute atomic E-state index is 13.5. The van der Waals surface area contributed by atoms with Gasteiger partial charge in [0.2, 0.25) is 11.9 Å². The van der Waals surface area contributed by atoms with Crippen LogP contribution < -0.4 is 15.7 Å². The molecule has 3 heterocycles. The third-order valence-corrected chi connectivity index (χ3v) is 7.95. The van der Waals surface area contributed by atoms with Gasteiger partial charge in [-0.2, -0.15) is 0 Å². The van der Waals surface area contributed by atoms with Crippen LogP contribution in [0.4, 0.5) is 10.7 Å². The second kappa shape index (κ2) is 12.2. The summed E-state index contributed by atoms with van der Waals surface area (Å²) in [5, 5.41) is 2.80. The van der Waals surface area contributed by atoms with Crippen molar-refractivity contribution >= 4 is 30.5 Å². The van der Waals surface area contributed by atoms with E-state index in [-0.39, 0.29) is 23.8 Å². The van der Waals surface area contributed by atoms with E-state index in [1.54, 1.807) is 12.4 Å². The summed E-state index contributed by atoms with van der Waals surface area (Å²) in [5.74, 6) is 0.763. The molecule has 0 bridgehead atoms. The van der Waals surface area contributed by atoms with E-state index in [9.17, 15) is 9.59 Å². The number of nitrogens with zero attached hydrogens (tertiary/aromatic N) is 4. The summed E-state index contributed by atoms with van der Waals surface area (Å²) in [4.78, 5) is 39.4. The first-order valence-electron chi connectivity index (χ1n) is 14.6. The number of hydrogen-bond acceptors (Lipinski definition) is 8. The number of anilines is 1. The molecule has 0 aliphatic carbocycles. The zero-order chi connectivity index (χ0) is 30.0. The lowest BCUT2D eigenvalue weighted by atomic mass is 9.81. The van der Waals surface area contributed by atoms with E-state index in [0.717, 1.165) is 24.8 Å². The molecule has 0 spiro atoms. The van der Waals surface area contributed by atoms with Crippen LogP contribution >= 0.6 is 0 Å². The zero-order valence-electron chi connectivity index (χ0n) is 26.4. The van der Waals surface area contributed by atoms with Gasteiger partial charge in [-0.25, -0.2) is 14.8 Å². The van der Waals surface area contributed by atoms with Gasteiger partial charge in [0.15, 0.2) is 0 Å². The fourth-order valence-corrected chi connectivity index (χ4v) is 4.94. The van der Waals surface area contributed by atoms with Crippen LogP contribution in [0.5, 0.6) is 0 Å². The standard InChI is InChI=1S/C29H50BN5O5/c1-19(2)23(33-26(37)38-27(5,6)7)24(36)34-14-12-13-21(17-34)18-35(20(3)4)25-31-15-22(16-32-25)30-39-28(8,9)29(10,11)40-30/h15-16,19-21,23H,12-14,17-18H2,1-11H3,(H,33,37)/t21-,23+/m1/s1. The van der Waals surface area contributed by atoms with Crippen LogP contribution in [0.25, 0.3) is 0 Å². The van der Waals surface area contributed by atoms with E-state index in [1.165, 1.54) is 0 Å². The zero-order valence-corrected chi connectivity index (χ0v) is 26.4. The summed E-state index contributed by atoms with van der Waals surface area (Å²) in [5.41, 5.74) is -0.698. The van der Waals surface area contributed by atoms with Crippen LogP contribution in [0.3, 0.4) is 0 Å². The Bertz CT molecular complexity index is 1010. The number of amides is 2. The highest BCUT2D eigenvalue weighted by Gasteiger charge is 2.52. The summed E-state index contributed by atoms with van der Waals surface area (Å²) >= 11 is 0. The van der Waals surface area contributed by atoms with E-state index >= 15 is 0 Å². The first-order chi connectivity index (χ1) is 18.4. The topological polar surface area (TPSA) is 106 Å². The quantitative estimate of drug-likeness (QED) is 0.480. The lowest BCUT2D eigenvalue weighted by molar-refractivity contribution is -0.136. The van der Waals surface area contributed by atoms with Crippen LogP contribution in [-0.4, -0.2) is 82.5 Å². The van der Waals surface area contributed by atoms with E-state index < -0.39 is 36.1 Å². The van der Waals surface area contributed by atoms with Crippen LogP contribution in [0, 0.1) is 11.8 Å². The monoisotopic (exact) mass is 559 g/mol. The second-order valence-corrected chi connectivity index (χ2v) is 13.8. The second-order valence-electron chi connectivity index (χ2n) is 13.8. The van der Waals surface area contributed by atoms with Gasteiger partial charge in [0.05, 0.1) is 11.2 Å². The van der Waals surface area contributed by atoms with Crippen molar-refractivity contribution in [1.29, 1.82) is 0 Å². The number of hydrogen-bond donors (Lipinski definition) is 1. The highest BCUT2D eigenvalue weighted by atomic mass is 16.7. The molecule has 2 amide bonds. The molecule has 2 aliphatic rings. The van der Waals surface area contributed by atoms with E-state index in [0.29, 0.717) is 19.0 Å². The average molecular weight is 560 g/mol. The lowest BCUT2D eigenvalue weighted by Gasteiger charge is -2.39. The van der Waals surface area contributed by atoms with Crippen molar-refractivity contribution in [3.8, 4) is 0 Å². The molecule has 0 aromatic carbocycles. The Morgan fingerprint density at radius 3 is 2.20 bits per heavy atom. The first kappa shape index (κ1) is 32.1. The van der Waals surface area contributed by atoms with Crippen molar-refractivity contribution in [3.63, 3.8) is 0 Å². The number of carbonyl (C=O) groups is 2. The van der Waals surface area contributed by atoms with E-state index in [2.05, 4.69) is 34.0 Å². The van der Waals surface area contributed by atoms with Crippen molar-refractivity contribution in [1.82, 2.24) is 20.2 Å². The Morgan fingerprint density at radius 2 is 1.70 bits per heavy atom. The van der Waals surface area contributed by atoms with Crippen molar-refractivity contribution in [2.45, 2.75) is 118 Å². The maximum atomic E-state index is 13.5. The molecule has 10 nitrogen and oxygen atoms in total. The van der Waals surface area contributed by atoms with Gasteiger partial charge in [0.25, 0.3) is 0 Å². The predicted molar refractivity (Wildman–Crippen MR) is 158 cm³/mol. The summed E-state index contributed by atoms with van der Waals surface area (Å²) in [6, 6.07) is -0.466. The minimum atomic E-state index is -0.638. The number of ether oxygens (including phenoxy) is 1. The van der Waals surface area contributed by atoms with Crippen molar-refractivity contribution in [3.05, 3.63) is 12.4 Å². The highest BCUT2D eigenvalue weighted by molar-refractivity contribution is 6.61. The molecule has 1 aromatic rings. The molecule has 2 atom stereocenters. The van der Waals surface area contributed by atoms with Gasteiger partial charge in [0.1, 0.15) is 11.6 Å². The third kappa shape index (κ3) is 7.87. The molecule has 2 aliphatic heterocycles. The van der Waals surface area contributed by atoms with E-state index in [4.69, 9.17) is 14.0 Å². The molecule has 40 heavy (non-hydrogen) atoms. The third-order valence-electron chi connectivity index (χ3n) is 7.95. The molecular weight excluding hydrogens is 509 g/mol. The van der Waals surface area contributed by atoms with Crippen LogP contribution in [-0.2, 0) is 18.8 Å². The van der Waals surface area contributed by atoms with Gasteiger partial charge in [-0.3, -0.25) is 4.79 Å². The number of carbonyl (C=O) groups excluding carboxylic acids is 2. The van der Waals surface area contributed by atoms with Gasteiger partial charge < -0.3 is 29.2 Å². The molecule has 2 saturated heterocycles. The Morgan fingerprint density at radius 1 is 1.12 bits per heavy atom. The molecular formula is C29H50BN5O5. The molecule has 1 N–H and O–H groups in total. The first-order valence-corrected chi connectivity index (χ1v) is 14.6. The van der Waals surface area contributed by atoms with Crippen LogP contribution in [0.2, 0.25) is 0 Å². The Labute approximate surface area is 241 Å². The van der Waals surface area contributed by atoms with Crippen LogP contribution in [0.15, 0.2) is 12.4 Å². The molecule has 0 saturated carbocycles. The molecule has 3 rings (SSSR count). The average Bonchev–Trinajstić information content (AvgIpc) is 3.06. The summed E-state index contributed by atoms with van der Waals surface area (Å²) in [7, 11) is -0.507. The molecule has 2 fully saturated rings. The van der Waals surface area contributed by atoms with Crippen LogP contribution in [0.1, 0.15) is 89.0 Å². The van der Waals surface area contributed by atoms with Crippen molar-refractivity contribution in [2.24, 2.45) is 11.8 Å².